The number of carbonyl (C=O) groups excluding carboxylic acids is 1. The summed E-state index contributed by atoms with van der Waals surface area (Å²) in [5, 5.41) is 3.37. The fourth-order valence-electron chi connectivity index (χ4n) is 5.00. The second-order valence-electron chi connectivity index (χ2n) is 6.76. The van der Waals surface area contributed by atoms with Gasteiger partial charge in [-0.25, -0.2) is 0 Å². The highest BCUT2D eigenvalue weighted by Gasteiger charge is 2.51. The maximum Gasteiger partial charge on any atom is 0.261 e. The van der Waals surface area contributed by atoms with Crippen molar-refractivity contribution in [2.75, 3.05) is 0 Å². The summed E-state index contributed by atoms with van der Waals surface area (Å²) >= 11 is 7.30. The van der Waals surface area contributed by atoms with Gasteiger partial charge in [-0.1, -0.05) is 11.6 Å². The zero-order valence-electron chi connectivity index (χ0n) is 10.8. The number of amides is 1. The molecular weight excluding hydrogens is 278 g/mol. The summed E-state index contributed by atoms with van der Waals surface area (Å²) in [6.07, 6.45) is 7.80. The van der Waals surface area contributed by atoms with Crippen molar-refractivity contribution in [3.05, 3.63) is 21.3 Å². The van der Waals surface area contributed by atoms with Gasteiger partial charge in [-0.3, -0.25) is 4.79 Å². The molecule has 1 amide bonds. The van der Waals surface area contributed by atoms with Crippen molar-refractivity contribution in [2.45, 2.75) is 44.1 Å². The van der Waals surface area contributed by atoms with Gasteiger partial charge in [0.1, 0.15) is 0 Å². The first kappa shape index (κ1) is 12.2. The van der Waals surface area contributed by atoms with E-state index in [-0.39, 0.29) is 11.4 Å². The molecule has 0 unspecified atom stereocenters. The summed E-state index contributed by atoms with van der Waals surface area (Å²) in [5.41, 5.74) is 0.0995. The Morgan fingerprint density at radius 3 is 2.21 bits per heavy atom. The van der Waals surface area contributed by atoms with Crippen LogP contribution in [0.25, 0.3) is 0 Å². The molecule has 4 fully saturated rings. The van der Waals surface area contributed by atoms with E-state index in [4.69, 9.17) is 11.6 Å². The van der Waals surface area contributed by atoms with Crippen LogP contribution in [0.1, 0.15) is 48.2 Å². The smallest absolute Gasteiger partial charge is 0.261 e. The highest BCUT2D eigenvalue weighted by Crippen LogP contribution is 2.55. The predicted molar refractivity (Wildman–Crippen MR) is 77.7 cm³/mol. The Morgan fingerprint density at radius 2 is 1.74 bits per heavy atom. The van der Waals surface area contributed by atoms with Gasteiger partial charge in [-0.15, -0.1) is 11.3 Å². The lowest BCUT2D eigenvalue weighted by molar-refractivity contribution is -0.0166. The topological polar surface area (TPSA) is 29.1 Å². The minimum absolute atomic E-state index is 0.0823. The van der Waals surface area contributed by atoms with Crippen LogP contribution < -0.4 is 5.32 Å². The van der Waals surface area contributed by atoms with Crippen LogP contribution in [-0.2, 0) is 0 Å². The molecule has 1 N–H and O–H groups in total. The summed E-state index contributed by atoms with van der Waals surface area (Å²) in [6, 6.07) is 3.64. The zero-order valence-corrected chi connectivity index (χ0v) is 12.4. The number of carbonyl (C=O) groups is 1. The summed E-state index contributed by atoms with van der Waals surface area (Å²) in [6.45, 7) is 0. The van der Waals surface area contributed by atoms with Crippen molar-refractivity contribution in [1.82, 2.24) is 5.32 Å². The van der Waals surface area contributed by atoms with E-state index < -0.39 is 0 Å². The van der Waals surface area contributed by atoms with Gasteiger partial charge >= 0.3 is 0 Å². The minimum Gasteiger partial charge on any atom is -0.346 e. The Labute approximate surface area is 122 Å². The summed E-state index contributed by atoms with van der Waals surface area (Å²) < 4.78 is 0.690. The first-order chi connectivity index (χ1) is 9.12. The molecule has 19 heavy (non-hydrogen) atoms. The van der Waals surface area contributed by atoms with Crippen LogP contribution in [-0.4, -0.2) is 11.4 Å². The third kappa shape index (κ3) is 2.11. The molecule has 1 aromatic heterocycles. The Bertz CT molecular complexity index is 489. The second-order valence-corrected chi connectivity index (χ2v) is 8.47. The molecule has 1 heterocycles. The zero-order chi connectivity index (χ0) is 13.0. The van der Waals surface area contributed by atoms with Crippen LogP contribution in [0.15, 0.2) is 12.1 Å². The molecule has 0 saturated heterocycles. The van der Waals surface area contributed by atoms with Gasteiger partial charge in [0.05, 0.1) is 9.21 Å². The summed E-state index contributed by atoms with van der Waals surface area (Å²) in [4.78, 5) is 13.1. The lowest BCUT2D eigenvalue weighted by Crippen LogP contribution is -2.59. The molecule has 4 heteroatoms. The number of rotatable bonds is 2. The lowest BCUT2D eigenvalue weighted by Gasteiger charge is -2.56. The van der Waals surface area contributed by atoms with E-state index in [1.165, 1.54) is 49.9 Å². The van der Waals surface area contributed by atoms with E-state index in [0.29, 0.717) is 4.34 Å². The molecule has 0 spiro atoms. The van der Waals surface area contributed by atoms with Crippen molar-refractivity contribution in [2.24, 2.45) is 17.8 Å². The van der Waals surface area contributed by atoms with E-state index in [0.717, 1.165) is 22.6 Å². The standard InChI is InChI=1S/C15H18ClNOS/c16-13-2-1-12(19-13)14(18)17-15-6-9-3-10(7-15)5-11(4-9)8-15/h1-2,9-11H,3-8H2,(H,17,18). The molecule has 0 radical (unpaired) electrons. The molecule has 102 valence electrons. The van der Waals surface area contributed by atoms with Crippen LogP contribution >= 0.6 is 22.9 Å². The molecule has 4 saturated carbocycles. The average molecular weight is 296 g/mol. The normalized spacial score (nSPS) is 39.5. The van der Waals surface area contributed by atoms with Gasteiger partial charge in [0, 0.05) is 5.54 Å². The molecule has 1 aromatic rings. The summed E-state index contributed by atoms with van der Waals surface area (Å²) in [7, 11) is 0. The molecule has 4 aliphatic carbocycles. The molecule has 0 aromatic carbocycles. The van der Waals surface area contributed by atoms with Crippen molar-refractivity contribution < 1.29 is 4.79 Å². The lowest BCUT2D eigenvalue weighted by atomic mass is 9.53. The number of nitrogens with one attached hydrogen (secondary N) is 1. The van der Waals surface area contributed by atoms with Gasteiger partial charge < -0.3 is 5.32 Å². The molecule has 0 atom stereocenters. The van der Waals surface area contributed by atoms with E-state index in [9.17, 15) is 4.79 Å². The van der Waals surface area contributed by atoms with E-state index >= 15 is 0 Å². The van der Waals surface area contributed by atoms with Gasteiger partial charge in [0.25, 0.3) is 5.91 Å². The highest BCUT2D eigenvalue weighted by atomic mass is 35.5. The van der Waals surface area contributed by atoms with Crippen LogP contribution in [0.2, 0.25) is 4.34 Å². The quantitative estimate of drug-likeness (QED) is 0.874. The Hall–Kier alpha value is -0.540. The number of halogens is 1. The maximum atomic E-state index is 12.4. The van der Waals surface area contributed by atoms with Gasteiger partial charge in [0.15, 0.2) is 0 Å². The van der Waals surface area contributed by atoms with Crippen LogP contribution in [0.5, 0.6) is 0 Å². The Kier molecular flexibility index (Phi) is 2.72. The molecule has 4 aliphatic rings. The van der Waals surface area contributed by atoms with Gasteiger partial charge in [-0.05, 0) is 68.4 Å². The molecule has 4 bridgehead atoms. The molecular formula is C15H18ClNOS. The third-order valence-electron chi connectivity index (χ3n) is 5.21. The monoisotopic (exact) mass is 295 g/mol. The Morgan fingerprint density at radius 1 is 1.16 bits per heavy atom. The fraction of sp³-hybridized carbons (Fsp3) is 0.667. The summed E-state index contributed by atoms with van der Waals surface area (Å²) in [5.74, 6) is 2.66. The van der Waals surface area contributed by atoms with Crippen molar-refractivity contribution in [1.29, 1.82) is 0 Å². The van der Waals surface area contributed by atoms with E-state index in [1.807, 2.05) is 6.07 Å². The van der Waals surface area contributed by atoms with Crippen LogP contribution in [0.3, 0.4) is 0 Å². The third-order valence-corrected chi connectivity index (χ3v) is 6.44. The van der Waals surface area contributed by atoms with Crippen molar-refractivity contribution in [3.8, 4) is 0 Å². The first-order valence-corrected chi connectivity index (χ1v) is 8.39. The molecule has 5 rings (SSSR count). The number of hydrogen-bond acceptors (Lipinski definition) is 2. The maximum absolute atomic E-state index is 12.4. The van der Waals surface area contributed by atoms with Gasteiger partial charge in [-0.2, -0.15) is 0 Å². The fourth-order valence-corrected chi connectivity index (χ4v) is 5.94. The number of thiophene rings is 1. The molecule has 2 nitrogen and oxygen atoms in total. The first-order valence-electron chi connectivity index (χ1n) is 7.20. The molecule has 0 aliphatic heterocycles. The number of hydrogen-bond donors (Lipinski definition) is 1. The Balaban J connectivity index is 1.54. The highest BCUT2D eigenvalue weighted by molar-refractivity contribution is 7.18. The SMILES string of the molecule is O=C(NC12CC3CC(CC(C3)C1)C2)c1ccc(Cl)s1. The van der Waals surface area contributed by atoms with E-state index in [2.05, 4.69) is 5.32 Å². The van der Waals surface area contributed by atoms with Crippen molar-refractivity contribution in [3.63, 3.8) is 0 Å². The minimum atomic E-state index is 0.0823. The van der Waals surface area contributed by atoms with E-state index in [1.54, 1.807) is 6.07 Å². The van der Waals surface area contributed by atoms with Crippen LogP contribution in [0.4, 0.5) is 0 Å². The van der Waals surface area contributed by atoms with Gasteiger partial charge in [0.2, 0.25) is 0 Å². The van der Waals surface area contributed by atoms with Crippen LogP contribution in [0, 0.1) is 17.8 Å². The van der Waals surface area contributed by atoms with Crippen molar-refractivity contribution >= 4 is 28.8 Å². The average Bonchev–Trinajstić information content (AvgIpc) is 2.73. The predicted octanol–water partition coefficient (Wildman–Crippen LogP) is 4.10. The largest absolute Gasteiger partial charge is 0.346 e. The second kappa shape index (κ2) is 4.23.